The molecule has 0 heterocycles. The predicted octanol–water partition coefficient (Wildman–Crippen LogP) is 4.21. The molecule has 0 saturated carbocycles. The molecule has 21 heavy (non-hydrogen) atoms. The van der Waals surface area contributed by atoms with Crippen LogP contribution in [0.5, 0.6) is 0 Å². The molecule has 0 aliphatic carbocycles. The lowest BCUT2D eigenvalue weighted by molar-refractivity contribution is 0.597. The fourth-order valence-corrected chi connectivity index (χ4v) is 3.87. The van der Waals surface area contributed by atoms with E-state index in [9.17, 15) is 12.8 Å². The van der Waals surface area contributed by atoms with E-state index in [0.29, 0.717) is 21.8 Å². The number of nitrogens with one attached hydrogen (secondary N) is 1. The SMILES string of the molecule is Cc1ccc(NS(=O)(=O)c2c(C)cc(F)cc2C)cc1Cl. The Bertz CT molecular complexity index is 780. The van der Waals surface area contributed by atoms with E-state index >= 15 is 0 Å². The zero-order valence-electron chi connectivity index (χ0n) is 11.9. The van der Waals surface area contributed by atoms with Crippen molar-refractivity contribution in [2.24, 2.45) is 0 Å². The second-order valence-electron chi connectivity index (χ2n) is 4.94. The highest BCUT2D eigenvalue weighted by atomic mass is 35.5. The van der Waals surface area contributed by atoms with Gasteiger partial charge in [0.05, 0.1) is 10.6 Å². The van der Waals surface area contributed by atoms with Crippen molar-refractivity contribution in [1.82, 2.24) is 0 Å². The summed E-state index contributed by atoms with van der Waals surface area (Å²) in [6.07, 6.45) is 0. The third-order valence-corrected chi connectivity index (χ3v) is 5.21. The maximum absolute atomic E-state index is 13.3. The number of benzene rings is 2. The smallest absolute Gasteiger partial charge is 0.262 e. The summed E-state index contributed by atoms with van der Waals surface area (Å²) in [4.78, 5) is 0.0839. The van der Waals surface area contributed by atoms with Gasteiger partial charge in [0.1, 0.15) is 5.82 Å². The van der Waals surface area contributed by atoms with Gasteiger partial charge >= 0.3 is 0 Å². The average molecular weight is 328 g/mol. The standard InChI is InChI=1S/C15H15ClFNO2S/c1-9-4-5-13(8-14(9)16)18-21(19,20)15-10(2)6-12(17)7-11(15)3/h4-8,18H,1-3H3. The van der Waals surface area contributed by atoms with E-state index in [2.05, 4.69) is 4.72 Å². The molecule has 2 rings (SSSR count). The number of aryl methyl sites for hydroxylation is 3. The van der Waals surface area contributed by atoms with Crippen molar-refractivity contribution in [3.63, 3.8) is 0 Å². The minimum absolute atomic E-state index is 0.0839. The van der Waals surface area contributed by atoms with Crippen LogP contribution in [0.25, 0.3) is 0 Å². The van der Waals surface area contributed by atoms with Crippen LogP contribution in [0.2, 0.25) is 5.02 Å². The van der Waals surface area contributed by atoms with Crippen molar-refractivity contribution in [3.8, 4) is 0 Å². The molecule has 2 aromatic carbocycles. The Morgan fingerprint density at radius 1 is 1.00 bits per heavy atom. The molecular weight excluding hydrogens is 313 g/mol. The topological polar surface area (TPSA) is 46.2 Å². The van der Waals surface area contributed by atoms with Crippen molar-refractivity contribution < 1.29 is 12.8 Å². The monoisotopic (exact) mass is 327 g/mol. The molecule has 0 amide bonds. The average Bonchev–Trinajstić information content (AvgIpc) is 2.31. The molecule has 0 saturated heterocycles. The first-order valence-electron chi connectivity index (χ1n) is 6.26. The molecule has 0 spiro atoms. The number of halogens is 2. The highest BCUT2D eigenvalue weighted by Gasteiger charge is 2.20. The van der Waals surface area contributed by atoms with Crippen LogP contribution in [-0.4, -0.2) is 8.42 Å². The predicted molar refractivity (Wildman–Crippen MR) is 82.9 cm³/mol. The highest BCUT2D eigenvalue weighted by molar-refractivity contribution is 7.92. The van der Waals surface area contributed by atoms with E-state index in [-0.39, 0.29) is 4.90 Å². The van der Waals surface area contributed by atoms with Crippen molar-refractivity contribution >= 4 is 27.3 Å². The van der Waals surface area contributed by atoms with E-state index in [0.717, 1.165) is 5.56 Å². The second kappa shape index (κ2) is 5.66. The van der Waals surface area contributed by atoms with Gasteiger partial charge in [-0.25, -0.2) is 12.8 Å². The molecule has 112 valence electrons. The highest BCUT2D eigenvalue weighted by Crippen LogP contribution is 2.26. The summed E-state index contributed by atoms with van der Waals surface area (Å²) >= 11 is 5.99. The Balaban J connectivity index is 2.46. The fourth-order valence-electron chi connectivity index (χ4n) is 2.18. The van der Waals surface area contributed by atoms with Crippen LogP contribution in [0, 0.1) is 26.6 Å². The molecule has 1 N–H and O–H groups in total. The van der Waals surface area contributed by atoms with Crippen molar-refractivity contribution in [3.05, 3.63) is 57.9 Å². The second-order valence-corrected chi connectivity index (χ2v) is 6.96. The van der Waals surface area contributed by atoms with E-state index in [1.807, 2.05) is 6.92 Å². The zero-order chi connectivity index (χ0) is 15.8. The minimum atomic E-state index is -3.80. The van der Waals surface area contributed by atoms with Crippen LogP contribution in [-0.2, 0) is 10.0 Å². The summed E-state index contributed by atoms with van der Waals surface area (Å²) in [7, 11) is -3.80. The molecule has 2 aromatic rings. The molecule has 0 aliphatic rings. The molecule has 6 heteroatoms. The van der Waals surface area contributed by atoms with Crippen LogP contribution in [0.3, 0.4) is 0 Å². The maximum atomic E-state index is 13.3. The Kier molecular flexibility index (Phi) is 4.25. The van der Waals surface area contributed by atoms with Crippen LogP contribution in [0.4, 0.5) is 10.1 Å². The molecule has 0 aromatic heterocycles. The number of hydrogen-bond acceptors (Lipinski definition) is 2. The van der Waals surface area contributed by atoms with Crippen LogP contribution >= 0.6 is 11.6 Å². The summed E-state index contributed by atoms with van der Waals surface area (Å²) in [5, 5.41) is 0.475. The summed E-state index contributed by atoms with van der Waals surface area (Å²) in [6.45, 7) is 4.95. The lowest BCUT2D eigenvalue weighted by atomic mass is 10.1. The largest absolute Gasteiger partial charge is 0.280 e. The molecule has 0 radical (unpaired) electrons. The first-order chi connectivity index (χ1) is 9.70. The molecule has 0 aliphatic heterocycles. The van der Waals surface area contributed by atoms with Gasteiger partial charge in [-0.05, 0) is 61.7 Å². The van der Waals surface area contributed by atoms with Gasteiger partial charge < -0.3 is 0 Å². The van der Waals surface area contributed by atoms with E-state index < -0.39 is 15.8 Å². The van der Waals surface area contributed by atoms with E-state index in [1.165, 1.54) is 12.1 Å². The van der Waals surface area contributed by atoms with Crippen molar-refractivity contribution in [2.75, 3.05) is 4.72 Å². The van der Waals surface area contributed by atoms with Crippen LogP contribution < -0.4 is 4.72 Å². The quantitative estimate of drug-likeness (QED) is 0.918. The number of anilines is 1. The molecule has 0 bridgehead atoms. The van der Waals surface area contributed by atoms with Crippen molar-refractivity contribution in [1.29, 1.82) is 0 Å². The number of rotatable bonds is 3. The Morgan fingerprint density at radius 3 is 2.10 bits per heavy atom. The maximum Gasteiger partial charge on any atom is 0.262 e. The Labute approximate surface area is 128 Å². The molecule has 0 fully saturated rings. The van der Waals surface area contributed by atoms with Gasteiger partial charge in [-0.15, -0.1) is 0 Å². The third-order valence-electron chi connectivity index (χ3n) is 3.12. The zero-order valence-corrected chi connectivity index (χ0v) is 13.4. The normalized spacial score (nSPS) is 11.5. The van der Waals surface area contributed by atoms with E-state index in [1.54, 1.807) is 32.0 Å². The summed E-state index contributed by atoms with van der Waals surface area (Å²) in [5.41, 5.74) is 1.94. The fraction of sp³-hybridized carbons (Fsp3) is 0.200. The summed E-state index contributed by atoms with van der Waals surface area (Å²) in [6, 6.07) is 7.30. The van der Waals surface area contributed by atoms with E-state index in [4.69, 9.17) is 11.6 Å². The number of sulfonamides is 1. The van der Waals surface area contributed by atoms with Crippen molar-refractivity contribution in [2.45, 2.75) is 25.7 Å². The van der Waals surface area contributed by atoms with Gasteiger partial charge in [0.2, 0.25) is 0 Å². The Hall–Kier alpha value is -1.59. The van der Waals surface area contributed by atoms with Gasteiger partial charge in [0, 0.05) is 5.02 Å². The van der Waals surface area contributed by atoms with Crippen LogP contribution in [0.1, 0.15) is 16.7 Å². The van der Waals surface area contributed by atoms with Gasteiger partial charge in [0.25, 0.3) is 10.0 Å². The molecule has 0 atom stereocenters. The van der Waals surface area contributed by atoms with Crippen LogP contribution in [0.15, 0.2) is 35.2 Å². The molecule has 0 unspecified atom stereocenters. The molecular formula is C15H15ClFNO2S. The van der Waals surface area contributed by atoms with Gasteiger partial charge in [-0.3, -0.25) is 4.72 Å². The van der Waals surface area contributed by atoms with Gasteiger partial charge in [-0.2, -0.15) is 0 Å². The molecule has 3 nitrogen and oxygen atoms in total. The third kappa shape index (κ3) is 3.36. The lowest BCUT2D eigenvalue weighted by Crippen LogP contribution is -2.16. The van der Waals surface area contributed by atoms with Gasteiger partial charge in [0.15, 0.2) is 0 Å². The number of hydrogen-bond donors (Lipinski definition) is 1. The minimum Gasteiger partial charge on any atom is -0.280 e. The van der Waals surface area contributed by atoms with Gasteiger partial charge in [-0.1, -0.05) is 17.7 Å². The first-order valence-corrected chi connectivity index (χ1v) is 8.12. The first kappa shape index (κ1) is 15.8. The summed E-state index contributed by atoms with van der Waals surface area (Å²) < 4.78 is 40.7. The Morgan fingerprint density at radius 2 is 1.57 bits per heavy atom. The lowest BCUT2D eigenvalue weighted by Gasteiger charge is -2.13. The summed E-state index contributed by atoms with van der Waals surface area (Å²) in [5.74, 6) is -0.456.